The van der Waals surface area contributed by atoms with Crippen LogP contribution in [0.3, 0.4) is 0 Å². The highest BCUT2D eigenvalue weighted by molar-refractivity contribution is 14.1. The van der Waals surface area contributed by atoms with E-state index in [4.69, 9.17) is 4.74 Å². The third kappa shape index (κ3) is 2.73. The summed E-state index contributed by atoms with van der Waals surface area (Å²) in [5.41, 5.74) is -0.0350. The van der Waals surface area contributed by atoms with Crippen LogP contribution in [0.25, 0.3) is 0 Å². The molecule has 0 N–H and O–H groups in total. The van der Waals surface area contributed by atoms with Gasteiger partial charge in [-0.15, -0.1) is 0 Å². The van der Waals surface area contributed by atoms with Gasteiger partial charge in [-0.05, 0) is 40.8 Å². The number of ether oxygens (including phenoxy) is 1. The SMILES string of the molecule is O=[N+]([O-])c1ccccc1Oc1ccccc1I. The maximum Gasteiger partial charge on any atom is 0.311 e. The highest BCUT2D eigenvalue weighted by Crippen LogP contribution is 2.32. The summed E-state index contributed by atoms with van der Waals surface area (Å²) in [5.74, 6) is 0.865. The molecule has 0 radical (unpaired) electrons. The minimum atomic E-state index is -0.453. The average Bonchev–Trinajstić information content (AvgIpc) is 2.32. The molecule has 0 unspecified atom stereocenters. The number of nitrogens with zero attached hydrogens (tertiary/aromatic N) is 1. The Morgan fingerprint density at radius 1 is 1.00 bits per heavy atom. The van der Waals surface area contributed by atoms with Crippen molar-refractivity contribution in [2.45, 2.75) is 0 Å². The van der Waals surface area contributed by atoms with Gasteiger partial charge in [-0.2, -0.15) is 0 Å². The predicted molar refractivity (Wildman–Crippen MR) is 72.3 cm³/mol. The molecule has 0 fully saturated rings. The minimum absolute atomic E-state index is 0.0350. The molecule has 2 rings (SSSR count). The molecule has 0 aromatic heterocycles. The summed E-state index contributed by atoms with van der Waals surface area (Å²) in [5, 5.41) is 10.8. The van der Waals surface area contributed by atoms with Crippen LogP contribution in [-0.4, -0.2) is 4.92 Å². The first-order valence-corrected chi connectivity index (χ1v) is 5.92. The van der Waals surface area contributed by atoms with Crippen molar-refractivity contribution >= 4 is 28.3 Å². The molecule has 0 saturated carbocycles. The normalized spacial score (nSPS) is 9.94. The van der Waals surface area contributed by atoms with Gasteiger partial charge in [-0.1, -0.05) is 24.3 Å². The lowest BCUT2D eigenvalue weighted by atomic mass is 10.3. The molecule has 0 amide bonds. The lowest BCUT2D eigenvalue weighted by molar-refractivity contribution is -0.385. The Kier molecular flexibility index (Phi) is 3.58. The molecule has 2 aromatic carbocycles. The van der Waals surface area contributed by atoms with E-state index in [-0.39, 0.29) is 11.4 Å². The van der Waals surface area contributed by atoms with E-state index in [1.807, 2.05) is 18.2 Å². The van der Waals surface area contributed by atoms with Crippen molar-refractivity contribution in [3.05, 3.63) is 62.2 Å². The summed E-state index contributed by atoms with van der Waals surface area (Å²) in [6.45, 7) is 0. The Morgan fingerprint density at radius 2 is 1.59 bits per heavy atom. The van der Waals surface area contributed by atoms with Crippen LogP contribution in [-0.2, 0) is 0 Å². The smallest absolute Gasteiger partial charge is 0.311 e. The molecule has 5 heteroatoms. The Hall–Kier alpha value is -1.63. The molecule has 0 atom stereocenters. The van der Waals surface area contributed by atoms with Crippen LogP contribution in [0.2, 0.25) is 0 Å². The van der Waals surface area contributed by atoms with Crippen molar-refractivity contribution in [1.29, 1.82) is 0 Å². The van der Waals surface area contributed by atoms with Gasteiger partial charge in [-0.25, -0.2) is 0 Å². The zero-order valence-corrected chi connectivity index (χ0v) is 10.8. The highest BCUT2D eigenvalue weighted by Gasteiger charge is 2.14. The second kappa shape index (κ2) is 5.13. The van der Waals surface area contributed by atoms with Crippen molar-refractivity contribution < 1.29 is 9.66 Å². The largest absolute Gasteiger partial charge is 0.449 e. The summed E-state index contributed by atoms with van der Waals surface area (Å²) in [6, 6.07) is 13.7. The molecule has 86 valence electrons. The third-order valence-electron chi connectivity index (χ3n) is 2.12. The van der Waals surface area contributed by atoms with E-state index >= 15 is 0 Å². The standard InChI is InChI=1S/C12H8INO3/c13-9-5-1-3-7-11(9)17-12-8-4-2-6-10(12)14(15)16/h1-8H. The Labute approximate surface area is 112 Å². The Morgan fingerprint density at radius 3 is 2.24 bits per heavy atom. The van der Waals surface area contributed by atoms with Crippen LogP contribution < -0.4 is 4.74 Å². The summed E-state index contributed by atoms with van der Waals surface area (Å²) < 4.78 is 6.46. The molecular weight excluding hydrogens is 333 g/mol. The zero-order chi connectivity index (χ0) is 12.3. The maximum absolute atomic E-state index is 10.8. The highest BCUT2D eigenvalue weighted by atomic mass is 127. The van der Waals surface area contributed by atoms with Gasteiger partial charge < -0.3 is 4.74 Å². The zero-order valence-electron chi connectivity index (χ0n) is 8.67. The van der Waals surface area contributed by atoms with Gasteiger partial charge in [0.1, 0.15) is 5.75 Å². The molecule has 0 aliphatic rings. The average molecular weight is 341 g/mol. The first-order valence-electron chi connectivity index (χ1n) is 4.84. The molecule has 0 aliphatic heterocycles. The van der Waals surface area contributed by atoms with Crippen LogP contribution in [0.4, 0.5) is 5.69 Å². The molecule has 17 heavy (non-hydrogen) atoms. The Balaban J connectivity index is 2.37. The van der Waals surface area contributed by atoms with Crippen LogP contribution in [0.5, 0.6) is 11.5 Å². The maximum atomic E-state index is 10.8. The second-order valence-electron chi connectivity index (χ2n) is 3.26. The quantitative estimate of drug-likeness (QED) is 0.482. The van der Waals surface area contributed by atoms with Crippen molar-refractivity contribution in [3.63, 3.8) is 0 Å². The van der Waals surface area contributed by atoms with Crippen LogP contribution in [0, 0.1) is 13.7 Å². The lowest BCUT2D eigenvalue weighted by Gasteiger charge is -2.07. The number of nitro groups is 1. The van der Waals surface area contributed by atoms with Crippen molar-refractivity contribution in [2.75, 3.05) is 0 Å². The van der Waals surface area contributed by atoms with Gasteiger partial charge in [0.05, 0.1) is 8.49 Å². The van der Waals surface area contributed by atoms with E-state index in [1.165, 1.54) is 6.07 Å². The number of hydrogen-bond acceptors (Lipinski definition) is 3. The number of rotatable bonds is 3. The minimum Gasteiger partial charge on any atom is -0.449 e. The van der Waals surface area contributed by atoms with Crippen molar-refractivity contribution in [1.82, 2.24) is 0 Å². The monoisotopic (exact) mass is 341 g/mol. The van der Waals surface area contributed by atoms with Crippen LogP contribution >= 0.6 is 22.6 Å². The fraction of sp³-hybridized carbons (Fsp3) is 0. The van der Waals surface area contributed by atoms with Gasteiger partial charge in [0.2, 0.25) is 5.75 Å². The van der Waals surface area contributed by atoms with E-state index in [0.717, 1.165) is 3.57 Å². The Bertz CT molecular complexity index is 557. The van der Waals surface area contributed by atoms with Crippen LogP contribution in [0.15, 0.2) is 48.5 Å². The van der Waals surface area contributed by atoms with E-state index in [0.29, 0.717) is 5.75 Å². The number of para-hydroxylation sites is 3. The summed E-state index contributed by atoms with van der Waals surface area (Å²) in [6.07, 6.45) is 0. The van der Waals surface area contributed by atoms with E-state index in [9.17, 15) is 10.1 Å². The molecule has 2 aromatic rings. The van der Waals surface area contributed by atoms with Crippen LogP contribution in [0.1, 0.15) is 0 Å². The van der Waals surface area contributed by atoms with E-state index in [2.05, 4.69) is 22.6 Å². The molecule has 0 bridgehead atoms. The van der Waals surface area contributed by atoms with Crippen molar-refractivity contribution in [3.8, 4) is 11.5 Å². The van der Waals surface area contributed by atoms with Gasteiger partial charge in [0, 0.05) is 6.07 Å². The molecule has 4 nitrogen and oxygen atoms in total. The lowest BCUT2D eigenvalue weighted by Crippen LogP contribution is -1.93. The molecule has 0 heterocycles. The van der Waals surface area contributed by atoms with Gasteiger partial charge in [0.15, 0.2) is 0 Å². The number of nitro benzene ring substituents is 1. The first kappa shape index (κ1) is 11.8. The summed E-state index contributed by atoms with van der Waals surface area (Å²) >= 11 is 2.12. The van der Waals surface area contributed by atoms with E-state index in [1.54, 1.807) is 24.3 Å². The molecule has 0 aliphatic carbocycles. The van der Waals surface area contributed by atoms with Gasteiger partial charge in [0.25, 0.3) is 0 Å². The summed E-state index contributed by atoms with van der Waals surface area (Å²) in [7, 11) is 0. The summed E-state index contributed by atoms with van der Waals surface area (Å²) in [4.78, 5) is 10.4. The van der Waals surface area contributed by atoms with Gasteiger partial charge in [-0.3, -0.25) is 10.1 Å². The van der Waals surface area contributed by atoms with Crippen molar-refractivity contribution in [2.24, 2.45) is 0 Å². The topological polar surface area (TPSA) is 52.4 Å². The molecule has 0 spiro atoms. The van der Waals surface area contributed by atoms with Gasteiger partial charge >= 0.3 is 5.69 Å². The fourth-order valence-corrected chi connectivity index (χ4v) is 1.84. The predicted octanol–water partition coefficient (Wildman–Crippen LogP) is 3.99. The third-order valence-corrected chi connectivity index (χ3v) is 3.01. The first-order chi connectivity index (χ1) is 8.18. The van der Waals surface area contributed by atoms with E-state index < -0.39 is 4.92 Å². The molecular formula is C12H8INO3. The molecule has 0 saturated heterocycles. The number of benzene rings is 2. The number of halogens is 1. The fourth-order valence-electron chi connectivity index (χ4n) is 1.34. The second-order valence-corrected chi connectivity index (χ2v) is 4.42. The number of hydrogen-bond donors (Lipinski definition) is 0.